The molecule has 138 valence electrons. The standard InChI is InChI=1S/C19H19N5O3/c1-12(25)22-15-10-13(18-23-17-16(27-18)3-2-4-21-17)9-14(11-15)19(26)24-7-5-20-6-8-24/h2-4,9-11,20H,5-8H2,1H3,(H,22,25). The molecule has 1 aliphatic heterocycles. The number of carbonyl (C=O) groups excluding carboxylic acids is 2. The van der Waals surface area contributed by atoms with Gasteiger partial charge >= 0.3 is 0 Å². The van der Waals surface area contributed by atoms with Crippen molar-refractivity contribution in [3.63, 3.8) is 0 Å². The topological polar surface area (TPSA) is 100 Å². The Morgan fingerprint density at radius 3 is 2.78 bits per heavy atom. The van der Waals surface area contributed by atoms with Crippen LogP contribution in [0.2, 0.25) is 0 Å². The Hall–Kier alpha value is -3.26. The summed E-state index contributed by atoms with van der Waals surface area (Å²) in [5.41, 5.74) is 2.67. The van der Waals surface area contributed by atoms with Crippen LogP contribution >= 0.6 is 0 Å². The number of oxazole rings is 1. The van der Waals surface area contributed by atoms with Crippen molar-refractivity contribution in [2.75, 3.05) is 31.5 Å². The van der Waals surface area contributed by atoms with E-state index in [2.05, 4.69) is 20.6 Å². The number of hydrogen-bond acceptors (Lipinski definition) is 6. The Morgan fingerprint density at radius 1 is 1.22 bits per heavy atom. The maximum Gasteiger partial charge on any atom is 0.254 e. The number of fused-ring (bicyclic) bond motifs is 1. The highest BCUT2D eigenvalue weighted by Crippen LogP contribution is 2.27. The fourth-order valence-electron chi connectivity index (χ4n) is 3.09. The molecule has 8 heteroatoms. The van der Waals surface area contributed by atoms with Crippen molar-refractivity contribution in [3.05, 3.63) is 42.1 Å². The lowest BCUT2D eigenvalue weighted by Gasteiger charge is -2.27. The summed E-state index contributed by atoms with van der Waals surface area (Å²) in [6.45, 7) is 4.24. The molecular formula is C19H19N5O3. The van der Waals surface area contributed by atoms with E-state index in [1.54, 1.807) is 41.4 Å². The molecule has 0 unspecified atom stereocenters. The van der Waals surface area contributed by atoms with E-state index in [0.29, 0.717) is 47.0 Å². The number of amides is 2. The molecule has 8 nitrogen and oxygen atoms in total. The van der Waals surface area contributed by atoms with E-state index < -0.39 is 0 Å². The van der Waals surface area contributed by atoms with Crippen LogP contribution in [0.3, 0.4) is 0 Å². The van der Waals surface area contributed by atoms with Crippen molar-refractivity contribution >= 4 is 28.7 Å². The molecule has 1 aromatic carbocycles. The lowest BCUT2D eigenvalue weighted by atomic mass is 10.1. The minimum absolute atomic E-state index is 0.0841. The van der Waals surface area contributed by atoms with Crippen LogP contribution in [-0.2, 0) is 4.79 Å². The molecular weight excluding hydrogens is 346 g/mol. The monoisotopic (exact) mass is 365 g/mol. The van der Waals surface area contributed by atoms with Gasteiger partial charge in [0.1, 0.15) is 0 Å². The Balaban J connectivity index is 1.75. The van der Waals surface area contributed by atoms with E-state index in [1.807, 2.05) is 0 Å². The van der Waals surface area contributed by atoms with Gasteiger partial charge in [-0.1, -0.05) is 0 Å². The van der Waals surface area contributed by atoms with Crippen LogP contribution in [0, 0.1) is 0 Å². The summed E-state index contributed by atoms with van der Waals surface area (Å²) in [6.07, 6.45) is 1.64. The maximum absolute atomic E-state index is 12.9. The number of carbonyl (C=O) groups is 2. The second kappa shape index (κ2) is 7.16. The molecule has 3 aromatic rings. The number of nitrogens with zero attached hydrogens (tertiary/aromatic N) is 3. The first kappa shape index (κ1) is 17.2. The number of benzene rings is 1. The second-order valence-electron chi connectivity index (χ2n) is 6.37. The van der Waals surface area contributed by atoms with Crippen molar-refractivity contribution in [2.45, 2.75) is 6.92 Å². The summed E-state index contributed by atoms with van der Waals surface area (Å²) < 4.78 is 5.77. The van der Waals surface area contributed by atoms with E-state index in [1.165, 1.54) is 6.92 Å². The smallest absolute Gasteiger partial charge is 0.254 e. The SMILES string of the molecule is CC(=O)Nc1cc(C(=O)N2CCNCC2)cc(-c2nc3ncccc3o2)c1. The summed E-state index contributed by atoms with van der Waals surface area (Å²) in [5, 5.41) is 5.97. The maximum atomic E-state index is 12.9. The van der Waals surface area contributed by atoms with Gasteiger partial charge in [0.15, 0.2) is 11.2 Å². The van der Waals surface area contributed by atoms with Crippen molar-refractivity contribution in [3.8, 4) is 11.5 Å². The Bertz CT molecular complexity index is 975. The van der Waals surface area contributed by atoms with Gasteiger partial charge in [0, 0.05) is 56.1 Å². The Labute approximate surface area is 155 Å². The second-order valence-corrected chi connectivity index (χ2v) is 6.37. The van der Waals surface area contributed by atoms with E-state index >= 15 is 0 Å². The van der Waals surface area contributed by atoms with E-state index in [-0.39, 0.29) is 11.8 Å². The van der Waals surface area contributed by atoms with E-state index in [4.69, 9.17) is 4.42 Å². The zero-order valence-electron chi connectivity index (χ0n) is 14.9. The largest absolute Gasteiger partial charge is 0.434 e. The molecule has 2 aromatic heterocycles. The lowest BCUT2D eigenvalue weighted by molar-refractivity contribution is -0.114. The van der Waals surface area contributed by atoms with Crippen LogP contribution < -0.4 is 10.6 Å². The quantitative estimate of drug-likeness (QED) is 0.735. The summed E-state index contributed by atoms with van der Waals surface area (Å²) >= 11 is 0. The fraction of sp³-hybridized carbons (Fsp3) is 0.263. The van der Waals surface area contributed by atoms with E-state index in [9.17, 15) is 9.59 Å². The van der Waals surface area contributed by atoms with Crippen molar-refractivity contribution in [1.29, 1.82) is 0 Å². The number of rotatable bonds is 3. The van der Waals surface area contributed by atoms with Gasteiger partial charge in [0.05, 0.1) is 0 Å². The van der Waals surface area contributed by atoms with Crippen molar-refractivity contribution in [2.24, 2.45) is 0 Å². The molecule has 0 aliphatic carbocycles. The number of piperazine rings is 1. The highest BCUT2D eigenvalue weighted by atomic mass is 16.3. The van der Waals surface area contributed by atoms with Gasteiger partial charge in [0.2, 0.25) is 11.8 Å². The highest BCUT2D eigenvalue weighted by Gasteiger charge is 2.20. The van der Waals surface area contributed by atoms with Crippen LogP contribution in [0.1, 0.15) is 17.3 Å². The summed E-state index contributed by atoms with van der Waals surface area (Å²) in [5.74, 6) is 0.0522. The number of nitrogens with one attached hydrogen (secondary N) is 2. The predicted molar refractivity (Wildman–Crippen MR) is 100 cm³/mol. The van der Waals surface area contributed by atoms with Gasteiger partial charge in [-0.2, -0.15) is 4.98 Å². The molecule has 1 fully saturated rings. The first-order valence-electron chi connectivity index (χ1n) is 8.75. The molecule has 0 radical (unpaired) electrons. The molecule has 2 amide bonds. The molecule has 2 N–H and O–H groups in total. The third kappa shape index (κ3) is 3.65. The number of anilines is 1. The zero-order valence-corrected chi connectivity index (χ0v) is 14.9. The van der Waals surface area contributed by atoms with Crippen molar-refractivity contribution < 1.29 is 14.0 Å². The normalized spacial score (nSPS) is 14.3. The third-order valence-corrected chi connectivity index (χ3v) is 4.32. The molecule has 3 heterocycles. The lowest BCUT2D eigenvalue weighted by Crippen LogP contribution is -2.46. The summed E-state index contributed by atoms with van der Waals surface area (Å²) in [6, 6.07) is 8.70. The minimum atomic E-state index is -0.216. The molecule has 4 rings (SSSR count). The van der Waals surface area contributed by atoms with Gasteiger partial charge in [0.25, 0.3) is 5.91 Å². The first-order chi connectivity index (χ1) is 13.1. The number of hydrogen-bond donors (Lipinski definition) is 2. The van der Waals surface area contributed by atoms with Crippen LogP contribution in [0.4, 0.5) is 5.69 Å². The van der Waals surface area contributed by atoms with Gasteiger partial charge < -0.3 is 20.0 Å². The molecule has 0 bridgehead atoms. The number of pyridine rings is 1. The highest BCUT2D eigenvalue weighted by molar-refractivity contribution is 5.98. The molecule has 0 saturated carbocycles. The minimum Gasteiger partial charge on any atom is -0.434 e. The van der Waals surface area contributed by atoms with Crippen LogP contribution in [0.5, 0.6) is 0 Å². The average Bonchev–Trinajstić information content (AvgIpc) is 3.11. The Kier molecular flexibility index (Phi) is 4.55. The van der Waals surface area contributed by atoms with E-state index in [0.717, 1.165) is 13.1 Å². The summed E-state index contributed by atoms with van der Waals surface area (Å²) in [7, 11) is 0. The molecule has 1 saturated heterocycles. The number of aromatic nitrogens is 2. The van der Waals surface area contributed by atoms with Gasteiger partial charge in [-0.05, 0) is 30.3 Å². The molecule has 0 atom stereocenters. The predicted octanol–water partition coefficient (Wildman–Crippen LogP) is 1.89. The molecule has 27 heavy (non-hydrogen) atoms. The third-order valence-electron chi connectivity index (χ3n) is 4.32. The zero-order chi connectivity index (χ0) is 18.8. The van der Waals surface area contributed by atoms with Crippen LogP contribution in [0.25, 0.3) is 22.7 Å². The fourth-order valence-corrected chi connectivity index (χ4v) is 3.09. The van der Waals surface area contributed by atoms with Crippen LogP contribution in [0.15, 0.2) is 40.9 Å². The van der Waals surface area contributed by atoms with Crippen LogP contribution in [-0.4, -0.2) is 52.9 Å². The average molecular weight is 365 g/mol. The first-order valence-corrected chi connectivity index (χ1v) is 8.75. The van der Waals surface area contributed by atoms with Gasteiger partial charge in [-0.25, -0.2) is 4.98 Å². The molecule has 1 aliphatic rings. The molecule has 0 spiro atoms. The van der Waals surface area contributed by atoms with Crippen molar-refractivity contribution in [1.82, 2.24) is 20.2 Å². The van der Waals surface area contributed by atoms with Gasteiger partial charge in [-0.3, -0.25) is 9.59 Å². The van der Waals surface area contributed by atoms with Gasteiger partial charge in [-0.15, -0.1) is 0 Å². The summed E-state index contributed by atoms with van der Waals surface area (Å²) in [4.78, 5) is 34.8. The Morgan fingerprint density at radius 2 is 2.04 bits per heavy atom.